The summed E-state index contributed by atoms with van der Waals surface area (Å²) >= 11 is 0. The van der Waals surface area contributed by atoms with E-state index >= 15 is 0 Å². The van der Waals surface area contributed by atoms with E-state index in [0.29, 0.717) is 10.3 Å². The van der Waals surface area contributed by atoms with Crippen LogP contribution in [0.4, 0.5) is 5.69 Å². The lowest BCUT2D eigenvalue weighted by Gasteiger charge is -2.10. The van der Waals surface area contributed by atoms with Gasteiger partial charge in [0.15, 0.2) is 12.4 Å². The number of anilines is 1. The number of hydrogen-bond donors (Lipinski definition) is 1. The van der Waals surface area contributed by atoms with Crippen molar-refractivity contribution in [3.63, 3.8) is 0 Å². The van der Waals surface area contributed by atoms with Gasteiger partial charge in [-0.2, -0.15) is 4.73 Å². The molecule has 0 radical (unpaired) electrons. The molecule has 0 bridgehead atoms. The monoisotopic (exact) mass is 290 g/mol. The highest BCUT2D eigenvalue weighted by Gasteiger charge is 2.17. The molecule has 1 amide bonds. The van der Waals surface area contributed by atoms with Crippen molar-refractivity contribution in [1.82, 2.24) is 0 Å². The molecule has 1 N–H and O–H groups in total. The lowest BCUT2D eigenvalue weighted by atomic mass is 10.0. The number of aryl methyl sites for hydroxylation is 2. The molecule has 0 fully saturated rings. The van der Waals surface area contributed by atoms with Gasteiger partial charge in [0.2, 0.25) is 0 Å². The first kappa shape index (κ1) is 12.8. The van der Waals surface area contributed by atoms with Gasteiger partial charge in [0.05, 0.1) is 0 Å². The summed E-state index contributed by atoms with van der Waals surface area (Å²) in [5.74, 6) is -0.274. The standard InChI is InChI=1S/C18H14N2O2/c21-18(14-4-2-10-20(22)11-14)19-16-9-8-13-7-6-12-3-1-5-15(16)17(12)13/h1-5,8-11H,6-7H2,(H,19,21). The third kappa shape index (κ3) is 2.00. The Kier molecular flexibility index (Phi) is 2.82. The fourth-order valence-corrected chi connectivity index (χ4v) is 3.14. The molecule has 0 aliphatic heterocycles. The van der Waals surface area contributed by atoms with Crippen LogP contribution in [0.3, 0.4) is 0 Å². The van der Waals surface area contributed by atoms with Crippen molar-refractivity contribution < 1.29 is 9.52 Å². The van der Waals surface area contributed by atoms with E-state index in [1.54, 1.807) is 12.1 Å². The summed E-state index contributed by atoms with van der Waals surface area (Å²) in [6.07, 6.45) is 4.74. The van der Waals surface area contributed by atoms with Gasteiger partial charge >= 0.3 is 0 Å². The Hall–Kier alpha value is -2.88. The van der Waals surface area contributed by atoms with E-state index in [1.807, 2.05) is 18.2 Å². The minimum atomic E-state index is -0.274. The van der Waals surface area contributed by atoms with Crippen LogP contribution < -0.4 is 10.0 Å². The minimum absolute atomic E-state index is 0.274. The van der Waals surface area contributed by atoms with Crippen molar-refractivity contribution in [3.8, 4) is 0 Å². The Morgan fingerprint density at radius 2 is 1.86 bits per heavy atom. The van der Waals surface area contributed by atoms with Gasteiger partial charge in [0, 0.05) is 17.1 Å². The van der Waals surface area contributed by atoms with Crippen molar-refractivity contribution in [3.05, 3.63) is 76.8 Å². The zero-order valence-electron chi connectivity index (χ0n) is 11.9. The van der Waals surface area contributed by atoms with Crippen LogP contribution in [0.2, 0.25) is 0 Å². The maximum atomic E-state index is 12.3. The highest BCUT2D eigenvalue weighted by atomic mass is 16.5. The Balaban J connectivity index is 1.75. The predicted octanol–water partition coefficient (Wildman–Crippen LogP) is 2.82. The summed E-state index contributed by atoms with van der Waals surface area (Å²) in [6.45, 7) is 0. The van der Waals surface area contributed by atoms with E-state index < -0.39 is 0 Å². The Bertz CT molecular complexity index is 892. The normalized spacial score (nSPS) is 12.5. The molecule has 2 aromatic carbocycles. The number of amides is 1. The molecular formula is C18H14N2O2. The van der Waals surface area contributed by atoms with Gasteiger partial charge in [-0.3, -0.25) is 4.79 Å². The van der Waals surface area contributed by atoms with E-state index in [-0.39, 0.29) is 5.91 Å². The minimum Gasteiger partial charge on any atom is -0.619 e. The van der Waals surface area contributed by atoms with Gasteiger partial charge in [-0.15, -0.1) is 0 Å². The number of benzene rings is 2. The van der Waals surface area contributed by atoms with E-state index in [9.17, 15) is 10.0 Å². The number of pyridine rings is 1. The van der Waals surface area contributed by atoms with E-state index in [1.165, 1.54) is 28.9 Å². The third-order valence-electron chi connectivity index (χ3n) is 4.16. The summed E-state index contributed by atoms with van der Waals surface area (Å²) in [6, 6.07) is 13.4. The highest BCUT2D eigenvalue weighted by molar-refractivity contribution is 6.10. The second-order valence-electron chi connectivity index (χ2n) is 5.52. The maximum absolute atomic E-state index is 12.3. The van der Waals surface area contributed by atoms with Crippen molar-refractivity contribution in [1.29, 1.82) is 0 Å². The number of carbonyl (C=O) groups excluding carboxylic acids is 1. The number of nitrogens with one attached hydrogen (secondary N) is 1. The van der Waals surface area contributed by atoms with Crippen molar-refractivity contribution in [2.45, 2.75) is 12.8 Å². The molecule has 1 aliphatic carbocycles. The number of hydrogen-bond acceptors (Lipinski definition) is 2. The molecule has 22 heavy (non-hydrogen) atoms. The topological polar surface area (TPSA) is 56.0 Å². The van der Waals surface area contributed by atoms with E-state index in [0.717, 1.165) is 23.9 Å². The third-order valence-corrected chi connectivity index (χ3v) is 4.16. The van der Waals surface area contributed by atoms with Gasteiger partial charge in [-0.25, -0.2) is 0 Å². The SMILES string of the molecule is O=C(Nc1ccc2c3c(cccc13)CC2)c1ccc[n+]([O-])c1. The summed E-state index contributed by atoms with van der Waals surface area (Å²) in [4.78, 5) is 12.3. The second kappa shape index (κ2) is 4.84. The van der Waals surface area contributed by atoms with E-state index in [4.69, 9.17) is 0 Å². The zero-order chi connectivity index (χ0) is 15.1. The van der Waals surface area contributed by atoms with Gasteiger partial charge in [0.25, 0.3) is 5.91 Å². The first-order valence-electron chi connectivity index (χ1n) is 7.26. The molecule has 0 unspecified atom stereocenters. The number of carbonyl (C=O) groups is 1. The highest BCUT2D eigenvalue weighted by Crippen LogP contribution is 2.35. The Labute approximate surface area is 127 Å². The molecule has 0 atom stereocenters. The lowest BCUT2D eigenvalue weighted by molar-refractivity contribution is -0.605. The van der Waals surface area contributed by atoms with Gasteiger partial charge in [-0.05, 0) is 41.5 Å². The number of nitrogens with zero attached hydrogens (tertiary/aromatic N) is 1. The maximum Gasteiger partial charge on any atom is 0.261 e. The molecular weight excluding hydrogens is 276 g/mol. The van der Waals surface area contributed by atoms with Gasteiger partial charge in [-0.1, -0.05) is 24.3 Å². The van der Waals surface area contributed by atoms with Gasteiger partial charge in [0.1, 0.15) is 5.56 Å². The molecule has 3 aromatic rings. The molecule has 1 aliphatic rings. The Morgan fingerprint density at radius 3 is 2.68 bits per heavy atom. The molecule has 0 saturated heterocycles. The number of rotatable bonds is 2. The van der Waals surface area contributed by atoms with Crippen molar-refractivity contribution in [2.75, 3.05) is 5.32 Å². The molecule has 4 heteroatoms. The quantitative estimate of drug-likeness (QED) is 0.583. The van der Waals surface area contributed by atoms with Crippen LogP contribution in [0.5, 0.6) is 0 Å². The van der Waals surface area contributed by atoms with Crippen molar-refractivity contribution >= 4 is 22.4 Å². The summed E-state index contributed by atoms with van der Waals surface area (Å²) < 4.78 is 0.627. The van der Waals surface area contributed by atoms with Crippen LogP contribution in [0, 0.1) is 5.21 Å². The molecule has 4 rings (SSSR count). The molecule has 4 nitrogen and oxygen atoms in total. The number of aromatic nitrogens is 1. The van der Waals surface area contributed by atoms with Crippen LogP contribution in [0.15, 0.2) is 54.9 Å². The smallest absolute Gasteiger partial charge is 0.261 e. The van der Waals surface area contributed by atoms with Crippen LogP contribution in [0.25, 0.3) is 10.8 Å². The summed E-state index contributed by atoms with van der Waals surface area (Å²) in [5.41, 5.74) is 3.80. The zero-order valence-corrected chi connectivity index (χ0v) is 11.9. The first-order valence-corrected chi connectivity index (χ1v) is 7.26. The van der Waals surface area contributed by atoms with Crippen LogP contribution in [-0.2, 0) is 12.8 Å². The average molecular weight is 290 g/mol. The molecule has 1 heterocycles. The van der Waals surface area contributed by atoms with Crippen LogP contribution in [0.1, 0.15) is 21.5 Å². The lowest BCUT2D eigenvalue weighted by Crippen LogP contribution is -2.27. The molecule has 0 spiro atoms. The van der Waals surface area contributed by atoms with Crippen molar-refractivity contribution in [2.24, 2.45) is 0 Å². The van der Waals surface area contributed by atoms with E-state index in [2.05, 4.69) is 17.4 Å². The average Bonchev–Trinajstić information content (AvgIpc) is 2.95. The molecule has 0 saturated carbocycles. The molecule has 108 valence electrons. The first-order chi connectivity index (χ1) is 10.7. The predicted molar refractivity (Wildman–Crippen MR) is 84.7 cm³/mol. The molecule has 1 aromatic heterocycles. The fourth-order valence-electron chi connectivity index (χ4n) is 3.14. The summed E-state index contributed by atoms with van der Waals surface area (Å²) in [5, 5.41) is 16.5. The summed E-state index contributed by atoms with van der Waals surface area (Å²) in [7, 11) is 0. The fraction of sp³-hybridized carbons (Fsp3) is 0.111. The second-order valence-corrected chi connectivity index (χ2v) is 5.52. The Morgan fingerprint density at radius 1 is 1.05 bits per heavy atom. The van der Waals surface area contributed by atoms with Crippen LogP contribution >= 0.6 is 0 Å². The van der Waals surface area contributed by atoms with Gasteiger partial charge < -0.3 is 10.5 Å². The largest absolute Gasteiger partial charge is 0.619 e. The van der Waals surface area contributed by atoms with Crippen LogP contribution in [-0.4, -0.2) is 5.91 Å².